The first-order valence-electron chi connectivity index (χ1n) is 4.93. The molecular weight excluding hydrogens is 234 g/mol. The van der Waals surface area contributed by atoms with Crippen LogP contribution < -0.4 is 10.5 Å². The summed E-state index contributed by atoms with van der Waals surface area (Å²) in [6.07, 6.45) is 1.52. The Bertz CT molecular complexity index is 340. The summed E-state index contributed by atoms with van der Waals surface area (Å²) >= 11 is 4.86. The lowest BCUT2D eigenvalue weighted by molar-refractivity contribution is 0.431. The molecule has 0 spiro atoms. The Kier molecular flexibility index (Phi) is 4.05. The molecule has 88 valence electrons. The lowest BCUT2D eigenvalue weighted by Crippen LogP contribution is -2.49. The zero-order valence-electron chi connectivity index (χ0n) is 8.93. The van der Waals surface area contributed by atoms with E-state index >= 15 is 0 Å². The summed E-state index contributed by atoms with van der Waals surface area (Å²) in [5, 5.41) is 0. The minimum atomic E-state index is -3.44. The Morgan fingerprint density at radius 2 is 2.20 bits per heavy atom. The number of rotatable bonds is 4. The fourth-order valence-corrected chi connectivity index (χ4v) is 3.64. The highest BCUT2D eigenvalue weighted by molar-refractivity contribution is 7.87. The van der Waals surface area contributed by atoms with E-state index in [0.29, 0.717) is 13.0 Å². The van der Waals surface area contributed by atoms with Crippen LogP contribution in [0, 0.1) is 0 Å². The summed E-state index contributed by atoms with van der Waals surface area (Å²) in [6, 6.07) is -0.446. The first-order chi connectivity index (χ1) is 6.84. The van der Waals surface area contributed by atoms with Gasteiger partial charge in [0.25, 0.3) is 10.2 Å². The van der Waals surface area contributed by atoms with Crippen molar-refractivity contribution in [1.29, 1.82) is 0 Å². The first kappa shape index (κ1) is 12.8. The molecule has 1 unspecified atom stereocenters. The van der Waals surface area contributed by atoms with Crippen molar-refractivity contribution in [3.05, 3.63) is 0 Å². The number of nitrogens with zero attached hydrogens (tertiary/aromatic N) is 1. The normalized spacial score (nSPS) is 23.5. The SMILES string of the molecule is CC(C)NS(=O)(=O)N1CCCC1C(N)=S. The fourth-order valence-electron chi connectivity index (χ4n) is 1.68. The third-order valence-electron chi connectivity index (χ3n) is 2.23. The predicted molar refractivity (Wildman–Crippen MR) is 63.7 cm³/mol. The average Bonchev–Trinajstić information content (AvgIpc) is 2.48. The van der Waals surface area contributed by atoms with Crippen LogP contribution >= 0.6 is 12.2 Å². The van der Waals surface area contributed by atoms with E-state index in [9.17, 15) is 8.42 Å². The van der Waals surface area contributed by atoms with Crippen LogP contribution in [0.25, 0.3) is 0 Å². The van der Waals surface area contributed by atoms with Crippen LogP contribution in [0.5, 0.6) is 0 Å². The highest BCUT2D eigenvalue weighted by Crippen LogP contribution is 2.20. The Morgan fingerprint density at radius 1 is 1.60 bits per heavy atom. The molecular formula is C8H17N3O2S2. The second-order valence-electron chi connectivity index (χ2n) is 3.95. The molecule has 0 aromatic carbocycles. The summed E-state index contributed by atoms with van der Waals surface area (Å²) in [5.74, 6) is 0. The molecule has 0 aromatic rings. The standard InChI is InChI=1S/C8H17N3O2S2/c1-6(2)10-15(12,13)11-5-3-4-7(11)8(9)14/h6-7,10H,3-5H2,1-2H3,(H2,9,14). The maximum Gasteiger partial charge on any atom is 0.280 e. The van der Waals surface area contributed by atoms with Crippen molar-refractivity contribution in [2.45, 2.75) is 38.8 Å². The van der Waals surface area contributed by atoms with Crippen LogP contribution in [0.4, 0.5) is 0 Å². The van der Waals surface area contributed by atoms with Gasteiger partial charge in [-0.3, -0.25) is 0 Å². The van der Waals surface area contributed by atoms with Gasteiger partial charge in [-0.05, 0) is 26.7 Å². The molecule has 15 heavy (non-hydrogen) atoms. The van der Waals surface area contributed by atoms with Gasteiger partial charge >= 0.3 is 0 Å². The van der Waals surface area contributed by atoms with E-state index in [-0.39, 0.29) is 17.1 Å². The Hall–Kier alpha value is -0.240. The fraction of sp³-hybridized carbons (Fsp3) is 0.875. The van der Waals surface area contributed by atoms with E-state index in [1.54, 1.807) is 13.8 Å². The number of nitrogens with two attached hydrogens (primary N) is 1. The molecule has 7 heteroatoms. The Morgan fingerprint density at radius 3 is 2.67 bits per heavy atom. The number of thiocarbonyl (C=S) groups is 1. The van der Waals surface area contributed by atoms with E-state index in [1.165, 1.54) is 4.31 Å². The minimum Gasteiger partial charge on any atom is -0.392 e. The van der Waals surface area contributed by atoms with Crippen LogP contribution in [-0.4, -0.2) is 36.3 Å². The zero-order valence-corrected chi connectivity index (χ0v) is 10.6. The molecule has 1 fully saturated rings. The first-order valence-corrected chi connectivity index (χ1v) is 6.78. The van der Waals surface area contributed by atoms with Gasteiger partial charge in [0.05, 0.1) is 11.0 Å². The van der Waals surface area contributed by atoms with Gasteiger partial charge in [0, 0.05) is 12.6 Å². The number of hydrogen-bond donors (Lipinski definition) is 2. The lowest BCUT2D eigenvalue weighted by Gasteiger charge is -2.24. The predicted octanol–water partition coefficient (Wildman–Crippen LogP) is -0.0203. The van der Waals surface area contributed by atoms with Gasteiger partial charge in [-0.2, -0.15) is 17.4 Å². The van der Waals surface area contributed by atoms with Crippen LogP contribution in [-0.2, 0) is 10.2 Å². The molecule has 0 radical (unpaired) electrons. The summed E-state index contributed by atoms with van der Waals surface area (Å²) in [4.78, 5) is 0.252. The summed E-state index contributed by atoms with van der Waals surface area (Å²) in [5.41, 5.74) is 5.51. The van der Waals surface area contributed by atoms with E-state index in [1.807, 2.05) is 0 Å². The van der Waals surface area contributed by atoms with Gasteiger partial charge in [0.1, 0.15) is 0 Å². The molecule has 1 saturated heterocycles. The smallest absolute Gasteiger partial charge is 0.280 e. The van der Waals surface area contributed by atoms with Crippen molar-refractivity contribution in [2.75, 3.05) is 6.54 Å². The van der Waals surface area contributed by atoms with E-state index in [2.05, 4.69) is 4.72 Å². The summed E-state index contributed by atoms with van der Waals surface area (Å²) < 4.78 is 27.6. The second kappa shape index (κ2) is 4.73. The summed E-state index contributed by atoms with van der Waals surface area (Å²) in [7, 11) is -3.44. The van der Waals surface area contributed by atoms with Gasteiger partial charge in [0.2, 0.25) is 0 Å². The van der Waals surface area contributed by atoms with Crippen LogP contribution in [0.2, 0.25) is 0 Å². The monoisotopic (exact) mass is 251 g/mol. The van der Waals surface area contributed by atoms with Crippen molar-refractivity contribution >= 4 is 27.4 Å². The second-order valence-corrected chi connectivity index (χ2v) is 6.07. The van der Waals surface area contributed by atoms with Crippen LogP contribution in [0.3, 0.4) is 0 Å². The maximum atomic E-state index is 11.9. The van der Waals surface area contributed by atoms with Crippen molar-refractivity contribution in [2.24, 2.45) is 5.73 Å². The highest BCUT2D eigenvalue weighted by Gasteiger charge is 2.35. The average molecular weight is 251 g/mol. The zero-order chi connectivity index (χ0) is 11.6. The van der Waals surface area contributed by atoms with E-state index < -0.39 is 10.2 Å². The lowest BCUT2D eigenvalue weighted by atomic mass is 10.2. The summed E-state index contributed by atoms with van der Waals surface area (Å²) in [6.45, 7) is 4.05. The van der Waals surface area contributed by atoms with Crippen LogP contribution in [0.1, 0.15) is 26.7 Å². The molecule has 0 saturated carbocycles. The van der Waals surface area contributed by atoms with Gasteiger partial charge < -0.3 is 5.73 Å². The number of hydrogen-bond acceptors (Lipinski definition) is 3. The van der Waals surface area contributed by atoms with Crippen molar-refractivity contribution in [3.63, 3.8) is 0 Å². The Labute approximate surface area is 96.2 Å². The molecule has 0 aliphatic carbocycles. The van der Waals surface area contributed by atoms with Crippen molar-refractivity contribution < 1.29 is 8.42 Å². The van der Waals surface area contributed by atoms with E-state index in [0.717, 1.165) is 6.42 Å². The molecule has 5 nitrogen and oxygen atoms in total. The van der Waals surface area contributed by atoms with Gasteiger partial charge in [0.15, 0.2) is 0 Å². The largest absolute Gasteiger partial charge is 0.392 e. The van der Waals surface area contributed by atoms with Gasteiger partial charge in [-0.15, -0.1) is 0 Å². The maximum absolute atomic E-state index is 11.9. The van der Waals surface area contributed by atoms with Gasteiger partial charge in [-0.25, -0.2) is 0 Å². The minimum absolute atomic E-state index is 0.123. The molecule has 1 rings (SSSR count). The molecule has 0 bridgehead atoms. The molecule has 1 atom stereocenters. The topological polar surface area (TPSA) is 75.4 Å². The molecule has 3 N–H and O–H groups in total. The highest BCUT2D eigenvalue weighted by atomic mass is 32.2. The van der Waals surface area contributed by atoms with Crippen molar-refractivity contribution in [1.82, 2.24) is 9.03 Å². The van der Waals surface area contributed by atoms with Crippen molar-refractivity contribution in [3.8, 4) is 0 Å². The third-order valence-corrected chi connectivity index (χ3v) is 4.32. The van der Waals surface area contributed by atoms with Gasteiger partial charge in [-0.1, -0.05) is 12.2 Å². The third kappa shape index (κ3) is 3.10. The quantitative estimate of drug-likeness (QED) is 0.689. The molecule has 0 aromatic heterocycles. The number of nitrogens with one attached hydrogen (secondary N) is 1. The molecule has 1 aliphatic heterocycles. The van der Waals surface area contributed by atoms with Crippen LogP contribution in [0.15, 0.2) is 0 Å². The van der Waals surface area contributed by atoms with E-state index in [4.69, 9.17) is 18.0 Å². The Balaban J connectivity index is 2.82. The molecule has 1 heterocycles. The molecule has 0 amide bonds. The molecule has 1 aliphatic rings.